The number of anilines is 2. The van der Waals surface area contributed by atoms with Gasteiger partial charge >= 0.3 is 0 Å². The van der Waals surface area contributed by atoms with Crippen molar-refractivity contribution < 1.29 is 31.4 Å². The maximum atomic E-state index is 12.9. The van der Waals surface area contributed by atoms with Gasteiger partial charge in [-0.1, -0.05) is 29.8 Å². The predicted molar refractivity (Wildman–Crippen MR) is 235 cm³/mol. The number of nitro benzene ring substituents is 2. The lowest BCUT2D eigenvalue weighted by atomic mass is 10.1. The van der Waals surface area contributed by atoms with Crippen LogP contribution in [0.4, 0.5) is 21.6 Å². The van der Waals surface area contributed by atoms with E-state index in [1.165, 1.54) is 74.0 Å². The first kappa shape index (κ1) is 43.3. The summed E-state index contributed by atoms with van der Waals surface area (Å²) in [7, 11) is -5.76. The second-order valence-electron chi connectivity index (χ2n) is 13.9. The molecule has 0 atom stereocenters. The van der Waals surface area contributed by atoms with Crippen molar-refractivity contribution in [1.29, 1.82) is 0 Å². The summed E-state index contributed by atoms with van der Waals surface area (Å²) in [5, 5.41) is 27.3. The molecule has 17 nitrogen and oxygen atoms in total. The molecule has 4 heterocycles. The van der Waals surface area contributed by atoms with Gasteiger partial charge in [-0.25, -0.2) is 26.8 Å². The summed E-state index contributed by atoms with van der Waals surface area (Å²) in [5.41, 5.74) is 4.75. The van der Waals surface area contributed by atoms with E-state index in [4.69, 9.17) is 14.7 Å². The van der Waals surface area contributed by atoms with Gasteiger partial charge in [0, 0.05) is 98.5 Å². The third-order valence-electron chi connectivity index (χ3n) is 10.1. The van der Waals surface area contributed by atoms with Crippen LogP contribution in [-0.4, -0.2) is 105 Å². The quantitative estimate of drug-likeness (QED) is 0.0974. The van der Waals surface area contributed by atoms with Gasteiger partial charge in [-0.05, 0) is 55.5 Å². The zero-order valence-electron chi connectivity index (χ0n) is 32.9. The SMILES string of the molecule is COc1ccc(-c2csc(N3CCN(S(=O)(=O)c4ccc([N+](=O)[O-])cc4)CC3)n2)cc1.Cc1ccc(-c2csc(N3CCN(S(=O)(=O)c4ccc([N+](=O)[O-])cc4)CC3)n2)cc1. The number of ether oxygens (including phenoxy) is 1. The molecule has 2 aliphatic rings. The van der Waals surface area contributed by atoms with E-state index in [2.05, 4.69) is 21.9 Å². The van der Waals surface area contributed by atoms with Crippen molar-refractivity contribution in [3.63, 3.8) is 0 Å². The van der Waals surface area contributed by atoms with Crippen molar-refractivity contribution in [2.45, 2.75) is 16.7 Å². The van der Waals surface area contributed by atoms with E-state index in [9.17, 15) is 37.1 Å². The number of aryl methyl sites for hydroxylation is 1. The molecule has 61 heavy (non-hydrogen) atoms. The van der Waals surface area contributed by atoms with E-state index in [0.29, 0.717) is 52.4 Å². The number of piperazine rings is 2. The number of aromatic nitrogens is 2. The highest BCUT2D eigenvalue weighted by Gasteiger charge is 2.31. The number of nitrogens with zero attached hydrogens (tertiary/aromatic N) is 8. The third kappa shape index (κ3) is 9.87. The molecule has 4 aromatic carbocycles. The number of hydrogen-bond donors (Lipinski definition) is 0. The van der Waals surface area contributed by atoms with Crippen LogP contribution in [0.3, 0.4) is 0 Å². The minimum Gasteiger partial charge on any atom is -0.497 e. The average Bonchev–Trinajstić information content (AvgIpc) is 3.99. The lowest BCUT2D eigenvalue weighted by Crippen LogP contribution is -2.48. The fourth-order valence-corrected chi connectivity index (χ4v) is 11.2. The smallest absolute Gasteiger partial charge is 0.269 e. The van der Waals surface area contributed by atoms with Crippen LogP contribution in [-0.2, 0) is 20.0 Å². The molecule has 0 N–H and O–H groups in total. The first-order valence-electron chi connectivity index (χ1n) is 18.8. The van der Waals surface area contributed by atoms with E-state index in [-0.39, 0.29) is 21.2 Å². The number of rotatable bonds is 11. The molecular weight excluding hydrogens is 865 g/mol. The van der Waals surface area contributed by atoms with E-state index >= 15 is 0 Å². The van der Waals surface area contributed by atoms with Gasteiger partial charge in [0.25, 0.3) is 11.4 Å². The van der Waals surface area contributed by atoms with Crippen molar-refractivity contribution in [3.05, 3.63) is 134 Å². The van der Waals surface area contributed by atoms with Gasteiger partial charge in [0.2, 0.25) is 20.0 Å². The van der Waals surface area contributed by atoms with Crippen LogP contribution in [0, 0.1) is 27.2 Å². The molecule has 0 spiro atoms. The van der Waals surface area contributed by atoms with Crippen molar-refractivity contribution >= 4 is 64.4 Å². The van der Waals surface area contributed by atoms with Crippen molar-refractivity contribution in [3.8, 4) is 28.3 Å². The van der Waals surface area contributed by atoms with E-state index in [0.717, 1.165) is 38.5 Å². The van der Waals surface area contributed by atoms with E-state index in [1.54, 1.807) is 18.4 Å². The molecule has 2 aliphatic heterocycles. The fraction of sp³-hybridized carbons (Fsp3) is 0.250. The minimum atomic E-state index is -3.70. The molecular formula is C40H40N8O9S4. The Morgan fingerprint density at radius 3 is 1.26 bits per heavy atom. The number of non-ortho nitro benzene ring substituents is 2. The Balaban J connectivity index is 0.000000184. The van der Waals surface area contributed by atoms with Crippen LogP contribution in [0.1, 0.15) is 5.56 Å². The second-order valence-corrected chi connectivity index (χ2v) is 19.5. The molecule has 2 aromatic heterocycles. The summed E-state index contributed by atoms with van der Waals surface area (Å²) in [6.07, 6.45) is 0. The fourth-order valence-electron chi connectivity index (χ4n) is 6.59. The third-order valence-corrected chi connectivity index (χ3v) is 15.7. The second kappa shape index (κ2) is 18.4. The molecule has 318 valence electrons. The summed E-state index contributed by atoms with van der Waals surface area (Å²) in [6.45, 7) is 5.44. The van der Waals surface area contributed by atoms with Gasteiger partial charge in [0.1, 0.15) is 5.75 Å². The molecule has 0 saturated carbocycles. The molecule has 8 rings (SSSR count). The van der Waals surface area contributed by atoms with Crippen molar-refractivity contribution in [1.82, 2.24) is 18.6 Å². The molecule has 21 heteroatoms. The van der Waals surface area contributed by atoms with Crippen LogP contribution < -0.4 is 14.5 Å². The van der Waals surface area contributed by atoms with Crippen LogP contribution >= 0.6 is 22.7 Å². The molecule has 0 unspecified atom stereocenters. The summed E-state index contributed by atoms with van der Waals surface area (Å²) in [5.74, 6) is 0.782. The highest BCUT2D eigenvalue weighted by molar-refractivity contribution is 7.89. The molecule has 6 aromatic rings. The molecule has 0 aliphatic carbocycles. The van der Waals surface area contributed by atoms with Crippen molar-refractivity contribution in [2.24, 2.45) is 0 Å². The lowest BCUT2D eigenvalue weighted by molar-refractivity contribution is -0.385. The molecule has 2 saturated heterocycles. The Morgan fingerprint density at radius 2 is 0.918 bits per heavy atom. The number of sulfonamides is 2. The minimum absolute atomic E-state index is 0.0580. The summed E-state index contributed by atoms with van der Waals surface area (Å²) < 4.78 is 59.4. The number of nitro groups is 2. The Labute approximate surface area is 360 Å². The molecule has 0 amide bonds. The van der Waals surface area contributed by atoms with Gasteiger partial charge in [-0.15, -0.1) is 22.7 Å². The predicted octanol–water partition coefficient (Wildman–Crippen LogP) is 6.78. The molecule has 2 fully saturated rings. The summed E-state index contributed by atoms with van der Waals surface area (Å²) >= 11 is 3.07. The Kier molecular flexibility index (Phi) is 13.1. The van der Waals surface area contributed by atoms with E-state index in [1.807, 2.05) is 54.1 Å². The highest BCUT2D eigenvalue weighted by Crippen LogP contribution is 2.32. The highest BCUT2D eigenvalue weighted by atomic mass is 32.2. The number of hydrogen-bond acceptors (Lipinski definition) is 15. The number of thiazole rings is 2. The maximum absolute atomic E-state index is 12.9. The monoisotopic (exact) mass is 904 g/mol. The van der Waals surface area contributed by atoms with E-state index < -0.39 is 29.9 Å². The van der Waals surface area contributed by atoms with Crippen LogP contribution in [0.25, 0.3) is 22.5 Å². The maximum Gasteiger partial charge on any atom is 0.269 e. The molecule has 0 bridgehead atoms. The summed E-state index contributed by atoms with van der Waals surface area (Å²) in [4.78, 5) is 34.2. The lowest BCUT2D eigenvalue weighted by Gasteiger charge is -2.33. The zero-order chi connectivity index (χ0) is 43.3. The topological polar surface area (TPSA) is 203 Å². The summed E-state index contributed by atoms with van der Waals surface area (Å²) in [6, 6.07) is 25.8. The van der Waals surface area contributed by atoms with Gasteiger partial charge in [-0.2, -0.15) is 8.61 Å². The van der Waals surface area contributed by atoms with Gasteiger partial charge in [-0.3, -0.25) is 20.2 Å². The Bertz CT molecular complexity index is 2700. The Morgan fingerprint density at radius 1 is 0.557 bits per heavy atom. The van der Waals surface area contributed by atoms with Crippen LogP contribution in [0.2, 0.25) is 0 Å². The largest absolute Gasteiger partial charge is 0.497 e. The average molecular weight is 905 g/mol. The molecule has 0 radical (unpaired) electrons. The zero-order valence-corrected chi connectivity index (χ0v) is 36.2. The van der Waals surface area contributed by atoms with Gasteiger partial charge in [0.05, 0.1) is 38.1 Å². The van der Waals surface area contributed by atoms with Crippen LogP contribution in [0.15, 0.2) is 118 Å². The first-order valence-corrected chi connectivity index (χ1v) is 23.5. The standard InChI is InChI=1S/C20H20N4O5S2.C20H20N4O4S2/c1-29-17-6-2-15(3-7-17)19-14-30-20(21-19)22-10-12-23(13-11-22)31(27,28)18-8-4-16(5-9-18)24(25)26;1-15-2-4-16(5-3-15)19-14-29-20(21-19)22-10-12-23(13-11-22)30(27,28)18-8-6-17(7-9-18)24(25)26/h2-9,14H,10-13H2,1H3;2-9,14H,10-13H2,1H3. The number of benzene rings is 4. The first-order chi connectivity index (χ1) is 29.2. The Hall–Kier alpha value is -5.84. The normalized spacial score (nSPS) is 15.2. The van der Waals surface area contributed by atoms with Gasteiger partial charge in [0.15, 0.2) is 10.3 Å². The van der Waals surface area contributed by atoms with Gasteiger partial charge < -0.3 is 14.5 Å². The van der Waals surface area contributed by atoms with Crippen molar-refractivity contribution in [2.75, 3.05) is 69.3 Å². The number of methoxy groups -OCH3 is 1. The van der Waals surface area contributed by atoms with Crippen LogP contribution in [0.5, 0.6) is 5.75 Å².